The summed E-state index contributed by atoms with van der Waals surface area (Å²) in [4.78, 5) is 2.55. The van der Waals surface area contributed by atoms with Crippen LogP contribution in [0.1, 0.15) is 22.7 Å². The Hall–Kier alpha value is -0.420. The lowest BCUT2D eigenvalue weighted by atomic mass is 10.2. The maximum absolute atomic E-state index is 9.15. The van der Waals surface area contributed by atoms with Crippen molar-refractivity contribution in [3.63, 3.8) is 0 Å². The van der Waals surface area contributed by atoms with Crippen LogP contribution in [-0.4, -0.2) is 29.5 Å². The second kappa shape index (κ2) is 5.46. The van der Waals surface area contributed by atoms with Gasteiger partial charge in [0.2, 0.25) is 0 Å². The summed E-state index contributed by atoms with van der Waals surface area (Å²) in [5.41, 5.74) is 0. The summed E-state index contributed by atoms with van der Waals surface area (Å²) in [5.74, 6) is 0. The molecule has 0 aliphatic heterocycles. The minimum absolute atomic E-state index is 0.191. The van der Waals surface area contributed by atoms with E-state index < -0.39 is 6.10 Å². The minimum atomic E-state index is -0.668. The third kappa shape index (κ3) is 3.38. The van der Waals surface area contributed by atoms with E-state index in [0.29, 0.717) is 6.54 Å². The van der Waals surface area contributed by atoms with Gasteiger partial charge in [-0.15, -0.1) is 11.3 Å². The summed E-state index contributed by atoms with van der Waals surface area (Å²) in [6.07, 6.45) is -0.668. The number of hydrogen-bond acceptors (Lipinski definition) is 4. The van der Waals surface area contributed by atoms with Crippen LogP contribution in [0, 0.1) is 6.92 Å². The molecule has 0 saturated carbocycles. The largest absolute Gasteiger partial charge is 0.394 e. The number of hydrogen-bond donors (Lipinski definition) is 3. The van der Waals surface area contributed by atoms with Gasteiger partial charge in [-0.25, -0.2) is 0 Å². The average Bonchev–Trinajstić information content (AvgIpc) is 2.60. The third-order valence-electron chi connectivity index (χ3n) is 2.06. The van der Waals surface area contributed by atoms with E-state index in [4.69, 9.17) is 10.2 Å². The van der Waals surface area contributed by atoms with Crippen LogP contribution in [0.3, 0.4) is 0 Å². The summed E-state index contributed by atoms with van der Waals surface area (Å²) >= 11 is 1.75. The van der Waals surface area contributed by atoms with Crippen LogP contribution >= 0.6 is 11.3 Å². The summed E-state index contributed by atoms with van der Waals surface area (Å²) in [6, 6.07) is 4.40. The van der Waals surface area contributed by atoms with Crippen LogP contribution < -0.4 is 5.32 Å². The molecule has 0 amide bonds. The number of nitrogens with one attached hydrogen (secondary N) is 1. The highest BCUT2D eigenvalue weighted by Crippen LogP contribution is 2.21. The molecule has 1 rings (SSSR count). The van der Waals surface area contributed by atoms with Crippen molar-refractivity contribution in [2.75, 3.05) is 13.2 Å². The van der Waals surface area contributed by atoms with E-state index in [1.54, 1.807) is 11.3 Å². The van der Waals surface area contributed by atoms with Gasteiger partial charge in [-0.2, -0.15) is 0 Å². The van der Waals surface area contributed by atoms with Crippen molar-refractivity contribution in [1.29, 1.82) is 0 Å². The zero-order valence-electron chi connectivity index (χ0n) is 8.53. The average molecular weight is 215 g/mol. The summed E-state index contributed by atoms with van der Waals surface area (Å²) in [7, 11) is 0. The van der Waals surface area contributed by atoms with E-state index in [0.717, 1.165) is 0 Å². The molecule has 80 valence electrons. The molecule has 0 saturated heterocycles. The molecule has 0 bridgehead atoms. The van der Waals surface area contributed by atoms with Gasteiger partial charge in [-0.05, 0) is 26.0 Å². The fourth-order valence-electron chi connectivity index (χ4n) is 1.16. The van der Waals surface area contributed by atoms with Gasteiger partial charge in [0, 0.05) is 22.3 Å². The lowest BCUT2D eigenvalue weighted by Crippen LogP contribution is -2.30. The Balaban J connectivity index is 2.39. The molecule has 3 N–H and O–H groups in total. The molecule has 2 unspecified atom stereocenters. The lowest BCUT2D eigenvalue weighted by Gasteiger charge is -2.14. The van der Waals surface area contributed by atoms with Crippen LogP contribution in [0.4, 0.5) is 0 Å². The highest BCUT2D eigenvalue weighted by atomic mass is 32.1. The van der Waals surface area contributed by atoms with E-state index in [1.165, 1.54) is 9.75 Å². The molecule has 0 aromatic carbocycles. The van der Waals surface area contributed by atoms with Crippen molar-refractivity contribution >= 4 is 11.3 Å². The second-order valence-electron chi connectivity index (χ2n) is 3.41. The zero-order chi connectivity index (χ0) is 10.6. The van der Waals surface area contributed by atoms with Crippen molar-refractivity contribution in [3.05, 3.63) is 21.9 Å². The Morgan fingerprint density at radius 1 is 1.50 bits per heavy atom. The first kappa shape index (κ1) is 11.7. The fourth-order valence-corrected chi connectivity index (χ4v) is 2.07. The number of aryl methyl sites for hydroxylation is 1. The summed E-state index contributed by atoms with van der Waals surface area (Å²) in [6.45, 7) is 4.36. The Morgan fingerprint density at radius 3 is 2.71 bits per heavy atom. The lowest BCUT2D eigenvalue weighted by molar-refractivity contribution is 0.0925. The number of thiophene rings is 1. The molecule has 1 aromatic rings. The molecular weight excluding hydrogens is 198 g/mol. The van der Waals surface area contributed by atoms with E-state index >= 15 is 0 Å². The van der Waals surface area contributed by atoms with Gasteiger partial charge in [0.05, 0.1) is 12.7 Å². The monoisotopic (exact) mass is 215 g/mol. The van der Waals surface area contributed by atoms with Crippen LogP contribution in [0.15, 0.2) is 12.1 Å². The van der Waals surface area contributed by atoms with Gasteiger partial charge in [-0.3, -0.25) is 0 Å². The standard InChI is InChI=1S/C10H17NO2S/c1-7-3-4-10(14-7)8(2)11-5-9(13)6-12/h3-4,8-9,11-13H,5-6H2,1-2H3. The quantitative estimate of drug-likeness (QED) is 0.688. The Labute approximate surface area is 88.4 Å². The molecule has 3 nitrogen and oxygen atoms in total. The summed E-state index contributed by atoms with van der Waals surface area (Å²) in [5, 5.41) is 20.9. The Kier molecular flexibility index (Phi) is 4.54. The summed E-state index contributed by atoms with van der Waals surface area (Å²) < 4.78 is 0. The minimum Gasteiger partial charge on any atom is -0.394 e. The molecule has 0 radical (unpaired) electrons. The van der Waals surface area contributed by atoms with Crippen molar-refractivity contribution in [2.24, 2.45) is 0 Å². The second-order valence-corrected chi connectivity index (χ2v) is 4.73. The van der Waals surface area contributed by atoms with Crippen molar-refractivity contribution in [2.45, 2.75) is 26.0 Å². The first-order valence-corrected chi connectivity index (χ1v) is 5.53. The molecule has 14 heavy (non-hydrogen) atoms. The fraction of sp³-hybridized carbons (Fsp3) is 0.600. The van der Waals surface area contributed by atoms with Gasteiger partial charge in [0.15, 0.2) is 0 Å². The van der Waals surface area contributed by atoms with Crippen LogP contribution in [0.2, 0.25) is 0 Å². The molecule has 1 heterocycles. The Morgan fingerprint density at radius 2 is 2.21 bits per heavy atom. The van der Waals surface area contributed by atoms with Crippen molar-refractivity contribution in [1.82, 2.24) is 5.32 Å². The Bertz CT molecular complexity index is 275. The molecule has 2 atom stereocenters. The predicted molar refractivity (Wildman–Crippen MR) is 58.6 cm³/mol. The highest BCUT2D eigenvalue weighted by Gasteiger charge is 2.09. The van der Waals surface area contributed by atoms with Gasteiger partial charge >= 0.3 is 0 Å². The first-order valence-electron chi connectivity index (χ1n) is 4.72. The van der Waals surface area contributed by atoms with Gasteiger partial charge < -0.3 is 15.5 Å². The molecule has 0 spiro atoms. The van der Waals surface area contributed by atoms with Gasteiger partial charge in [0.25, 0.3) is 0 Å². The van der Waals surface area contributed by atoms with Crippen LogP contribution in [0.5, 0.6) is 0 Å². The van der Waals surface area contributed by atoms with Gasteiger partial charge in [-0.1, -0.05) is 0 Å². The van der Waals surface area contributed by atoms with E-state index in [1.807, 2.05) is 0 Å². The molecule has 1 aromatic heterocycles. The third-order valence-corrected chi connectivity index (χ3v) is 3.24. The zero-order valence-corrected chi connectivity index (χ0v) is 9.34. The molecule has 0 aliphatic rings. The van der Waals surface area contributed by atoms with Crippen molar-refractivity contribution < 1.29 is 10.2 Å². The van der Waals surface area contributed by atoms with E-state index in [9.17, 15) is 0 Å². The van der Waals surface area contributed by atoms with E-state index in [-0.39, 0.29) is 12.6 Å². The van der Waals surface area contributed by atoms with Gasteiger partial charge in [0.1, 0.15) is 0 Å². The normalized spacial score (nSPS) is 15.4. The molecule has 4 heteroatoms. The molecular formula is C10H17NO2S. The van der Waals surface area contributed by atoms with Crippen LogP contribution in [0.25, 0.3) is 0 Å². The van der Waals surface area contributed by atoms with Crippen LogP contribution in [-0.2, 0) is 0 Å². The predicted octanol–water partition coefficient (Wildman–Crippen LogP) is 1.06. The highest BCUT2D eigenvalue weighted by molar-refractivity contribution is 7.12. The van der Waals surface area contributed by atoms with Crippen molar-refractivity contribution in [3.8, 4) is 0 Å². The van der Waals surface area contributed by atoms with E-state index in [2.05, 4.69) is 31.3 Å². The molecule has 0 aliphatic carbocycles. The number of aliphatic hydroxyl groups excluding tert-OH is 2. The topological polar surface area (TPSA) is 52.5 Å². The molecule has 0 fully saturated rings. The number of aliphatic hydroxyl groups is 2. The first-order chi connectivity index (χ1) is 6.63. The smallest absolute Gasteiger partial charge is 0.0895 e. The number of rotatable bonds is 5. The maximum atomic E-state index is 9.15. The maximum Gasteiger partial charge on any atom is 0.0895 e. The SMILES string of the molecule is Cc1ccc(C(C)NCC(O)CO)s1.